The molecule has 0 aliphatic carbocycles. The lowest BCUT2D eigenvalue weighted by Crippen LogP contribution is -2.27. The third kappa shape index (κ3) is 9.10. The largest absolute Gasteiger partial charge is 0.444 e. The van der Waals surface area contributed by atoms with E-state index in [9.17, 15) is 19.5 Å². The van der Waals surface area contributed by atoms with E-state index in [0.29, 0.717) is 28.2 Å². The van der Waals surface area contributed by atoms with Gasteiger partial charge in [0.25, 0.3) is 5.91 Å². The molecule has 40 heavy (non-hydrogen) atoms. The minimum atomic E-state index is -1.35. The van der Waals surface area contributed by atoms with Crippen LogP contribution in [0.15, 0.2) is 78.9 Å². The Balaban J connectivity index is 1.58. The molecule has 4 N–H and O–H groups in total. The second-order valence-corrected chi connectivity index (χ2v) is 11.4. The quantitative estimate of drug-likeness (QED) is 0.249. The number of rotatable bonds is 7. The van der Waals surface area contributed by atoms with Gasteiger partial charge in [0.1, 0.15) is 5.60 Å². The standard InChI is InChI=1S/C32H37N3O5/c1-31(2,3)23-16-18-24(19-17-23)33-29(38)28(37)22-14-11-21(12-15-22)13-20-27(36)34-25-9-7-8-10-26(25)35-30(39)40-32(4,5)6/h7-20,28,37H,1-6H3,(H,33,38)(H,34,36)(H,35,39). The zero-order chi connectivity index (χ0) is 29.5. The first kappa shape index (κ1) is 30.1. The molecule has 1 atom stereocenters. The van der Waals surface area contributed by atoms with Crippen LogP contribution in [-0.2, 0) is 19.7 Å². The van der Waals surface area contributed by atoms with Gasteiger partial charge in [0.05, 0.1) is 11.4 Å². The van der Waals surface area contributed by atoms with E-state index < -0.39 is 29.6 Å². The summed E-state index contributed by atoms with van der Waals surface area (Å²) in [6.07, 6.45) is 0.979. The molecule has 8 heteroatoms. The number of amides is 3. The molecule has 0 heterocycles. The maximum atomic E-state index is 12.6. The second kappa shape index (κ2) is 12.6. The fraction of sp³-hybridized carbons (Fsp3) is 0.281. The van der Waals surface area contributed by atoms with Crippen LogP contribution >= 0.6 is 0 Å². The average Bonchev–Trinajstić information content (AvgIpc) is 2.87. The number of nitrogens with one attached hydrogen (secondary N) is 3. The molecule has 0 aliphatic heterocycles. The highest BCUT2D eigenvalue weighted by Crippen LogP contribution is 2.25. The van der Waals surface area contributed by atoms with Crippen molar-refractivity contribution < 1.29 is 24.2 Å². The van der Waals surface area contributed by atoms with Gasteiger partial charge < -0.3 is 20.5 Å². The Morgan fingerprint density at radius 1 is 0.775 bits per heavy atom. The predicted molar refractivity (Wildman–Crippen MR) is 159 cm³/mol. The molecule has 0 aromatic heterocycles. The average molecular weight is 544 g/mol. The minimum Gasteiger partial charge on any atom is -0.444 e. The monoisotopic (exact) mass is 543 g/mol. The normalized spacial score (nSPS) is 12.5. The number of carbonyl (C=O) groups is 3. The molecule has 3 amide bonds. The summed E-state index contributed by atoms with van der Waals surface area (Å²) < 4.78 is 5.27. The molecule has 0 radical (unpaired) electrons. The summed E-state index contributed by atoms with van der Waals surface area (Å²) in [5, 5.41) is 18.6. The van der Waals surface area contributed by atoms with Crippen molar-refractivity contribution in [2.75, 3.05) is 16.0 Å². The van der Waals surface area contributed by atoms with Gasteiger partial charge in [-0.05, 0) is 73.2 Å². The highest BCUT2D eigenvalue weighted by molar-refractivity contribution is 6.05. The van der Waals surface area contributed by atoms with Crippen molar-refractivity contribution in [2.24, 2.45) is 0 Å². The Morgan fingerprint density at radius 3 is 1.90 bits per heavy atom. The molecular formula is C32H37N3O5. The van der Waals surface area contributed by atoms with Crippen molar-refractivity contribution >= 4 is 41.0 Å². The van der Waals surface area contributed by atoms with Crippen LogP contribution in [0, 0.1) is 0 Å². The van der Waals surface area contributed by atoms with Gasteiger partial charge >= 0.3 is 6.09 Å². The SMILES string of the molecule is CC(C)(C)OC(=O)Nc1ccccc1NC(=O)C=Cc1ccc(C(O)C(=O)Nc2ccc(C(C)(C)C)cc2)cc1. The lowest BCUT2D eigenvalue weighted by molar-refractivity contribution is -0.124. The molecule has 0 saturated carbocycles. The van der Waals surface area contributed by atoms with Crippen molar-refractivity contribution in [2.45, 2.75) is 58.7 Å². The van der Waals surface area contributed by atoms with Gasteiger partial charge in [-0.2, -0.15) is 0 Å². The Hall–Kier alpha value is -4.43. The maximum absolute atomic E-state index is 12.6. The van der Waals surface area contributed by atoms with E-state index in [-0.39, 0.29) is 5.41 Å². The van der Waals surface area contributed by atoms with Gasteiger partial charge in [-0.25, -0.2) is 4.79 Å². The Bertz CT molecular complexity index is 1370. The van der Waals surface area contributed by atoms with Crippen LogP contribution in [0.25, 0.3) is 6.08 Å². The van der Waals surface area contributed by atoms with Gasteiger partial charge in [-0.1, -0.05) is 69.3 Å². The molecule has 210 valence electrons. The van der Waals surface area contributed by atoms with Crippen LogP contribution in [0.3, 0.4) is 0 Å². The first-order valence-corrected chi connectivity index (χ1v) is 13.0. The summed E-state index contributed by atoms with van der Waals surface area (Å²) in [4.78, 5) is 37.2. The third-order valence-corrected chi connectivity index (χ3v) is 5.77. The number of hydrogen-bond donors (Lipinski definition) is 4. The third-order valence-electron chi connectivity index (χ3n) is 5.77. The molecule has 0 bridgehead atoms. The van der Waals surface area contributed by atoms with Crippen molar-refractivity contribution in [1.29, 1.82) is 0 Å². The van der Waals surface area contributed by atoms with Gasteiger partial charge in [0, 0.05) is 11.8 Å². The van der Waals surface area contributed by atoms with Gasteiger partial charge in [0.2, 0.25) is 5.91 Å². The van der Waals surface area contributed by atoms with E-state index in [4.69, 9.17) is 4.74 Å². The van der Waals surface area contributed by atoms with Crippen molar-refractivity contribution in [3.63, 3.8) is 0 Å². The molecule has 0 saturated heterocycles. The Morgan fingerprint density at radius 2 is 1.35 bits per heavy atom. The number of benzene rings is 3. The number of para-hydroxylation sites is 2. The lowest BCUT2D eigenvalue weighted by atomic mass is 9.87. The van der Waals surface area contributed by atoms with Crippen LogP contribution in [0.1, 0.15) is 64.3 Å². The van der Waals surface area contributed by atoms with Crippen LogP contribution in [0.4, 0.5) is 21.9 Å². The van der Waals surface area contributed by atoms with Crippen molar-refractivity contribution in [3.8, 4) is 0 Å². The summed E-state index contributed by atoms with van der Waals surface area (Å²) >= 11 is 0. The molecule has 1 unspecified atom stereocenters. The van der Waals surface area contributed by atoms with E-state index in [1.54, 1.807) is 75.4 Å². The van der Waals surface area contributed by atoms with Crippen molar-refractivity contribution in [3.05, 3.63) is 95.6 Å². The van der Waals surface area contributed by atoms with Crippen LogP contribution in [0.5, 0.6) is 0 Å². The molecular weight excluding hydrogens is 506 g/mol. The molecule has 3 aromatic carbocycles. The number of carbonyl (C=O) groups excluding carboxylic acids is 3. The Labute approximate surface area is 235 Å². The summed E-state index contributed by atoms with van der Waals surface area (Å²) in [6, 6.07) is 21.0. The van der Waals surface area contributed by atoms with Crippen LogP contribution in [0.2, 0.25) is 0 Å². The fourth-order valence-electron chi connectivity index (χ4n) is 3.67. The van der Waals surface area contributed by atoms with E-state index in [1.165, 1.54) is 6.08 Å². The van der Waals surface area contributed by atoms with Gasteiger partial charge in [-0.3, -0.25) is 14.9 Å². The molecule has 3 aromatic rings. The number of hydrogen-bond acceptors (Lipinski definition) is 5. The predicted octanol–water partition coefficient (Wildman–Crippen LogP) is 6.66. The van der Waals surface area contributed by atoms with Gasteiger partial charge in [-0.15, -0.1) is 0 Å². The number of aliphatic hydroxyl groups excluding tert-OH is 1. The van der Waals surface area contributed by atoms with E-state index >= 15 is 0 Å². The molecule has 8 nitrogen and oxygen atoms in total. The highest BCUT2D eigenvalue weighted by atomic mass is 16.6. The summed E-state index contributed by atoms with van der Waals surface area (Å²) in [6.45, 7) is 11.6. The van der Waals surface area contributed by atoms with E-state index in [0.717, 1.165) is 5.56 Å². The Kier molecular flexibility index (Phi) is 9.50. The molecule has 0 spiro atoms. The van der Waals surface area contributed by atoms with E-state index in [2.05, 4.69) is 36.7 Å². The van der Waals surface area contributed by atoms with Crippen LogP contribution in [-0.4, -0.2) is 28.6 Å². The molecule has 0 fully saturated rings. The summed E-state index contributed by atoms with van der Waals surface area (Å²) in [5.41, 5.74) is 3.04. The smallest absolute Gasteiger partial charge is 0.412 e. The number of ether oxygens (including phenoxy) is 1. The van der Waals surface area contributed by atoms with Crippen LogP contribution < -0.4 is 16.0 Å². The highest BCUT2D eigenvalue weighted by Gasteiger charge is 2.19. The zero-order valence-corrected chi connectivity index (χ0v) is 23.7. The number of anilines is 3. The minimum absolute atomic E-state index is 0.00237. The fourth-order valence-corrected chi connectivity index (χ4v) is 3.67. The second-order valence-electron chi connectivity index (χ2n) is 11.4. The summed E-state index contributed by atoms with van der Waals surface area (Å²) in [5.74, 6) is -0.941. The first-order valence-electron chi connectivity index (χ1n) is 13.0. The molecule has 0 aliphatic rings. The first-order chi connectivity index (χ1) is 18.7. The lowest BCUT2D eigenvalue weighted by Gasteiger charge is -2.20. The topological polar surface area (TPSA) is 117 Å². The zero-order valence-electron chi connectivity index (χ0n) is 23.7. The van der Waals surface area contributed by atoms with Crippen molar-refractivity contribution in [1.82, 2.24) is 0 Å². The summed E-state index contributed by atoms with van der Waals surface area (Å²) in [7, 11) is 0. The molecule has 3 rings (SSSR count). The van der Waals surface area contributed by atoms with E-state index in [1.807, 2.05) is 24.3 Å². The number of aliphatic hydroxyl groups is 1. The maximum Gasteiger partial charge on any atom is 0.412 e. The van der Waals surface area contributed by atoms with Gasteiger partial charge in [0.15, 0.2) is 6.10 Å².